The normalized spacial score (nSPS) is 19.4. The van der Waals surface area contributed by atoms with Crippen molar-refractivity contribution in [2.45, 2.75) is 39.8 Å². The van der Waals surface area contributed by atoms with Gasteiger partial charge in [0.05, 0.1) is 24.2 Å². The molecule has 3 aromatic rings. The molecular formula is C24H29N2O3+. The number of aromatic hydroxyl groups is 1. The Labute approximate surface area is 171 Å². The van der Waals surface area contributed by atoms with E-state index >= 15 is 0 Å². The molecule has 1 aliphatic rings. The van der Waals surface area contributed by atoms with Gasteiger partial charge in [0, 0.05) is 11.9 Å². The number of carbonyl (C=O) groups excluding carboxylic acids is 1. The fraction of sp³-hybridized carbons (Fsp3) is 0.375. The van der Waals surface area contributed by atoms with Gasteiger partial charge in [0.25, 0.3) is 5.91 Å². The lowest BCUT2D eigenvalue weighted by molar-refractivity contribution is -0.919. The van der Waals surface area contributed by atoms with Crippen LogP contribution in [0.5, 0.6) is 5.75 Å². The molecule has 5 nitrogen and oxygen atoms in total. The Morgan fingerprint density at radius 1 is 1.17 bits per heavy atom. The number of phenols is 1. The first kappa shape index (κ1) is 19.5. The maximum Gasteiger partial charge on any atom is 0.255 e. The molecule has 2 aromatic carbocycles. The Morgan fingerprint density at radius 3 is 2.62 bits per heavy atom. The molecule has 4 rings (SSSR count). The van der Waals surface area contributed by atoms with Gasteiger partial charge >= 0.3 is 0 Å². The third-order valence-corrected chi connectivity index (χ3v) is 6.05. The highest BCUT2D eigenvalue weighted by atomic mass is 16.3. The Kier molecular flexibility index (Phi) is 5.58. The standard InChI is InChI=1S/C24H28N2O3/c1-16-10-12-26(13-11-16)15-19-20(27)8-9-21-23(19)22(17(2)29-21)24(28)25-14-18-6-4-3-5-7-18/h3-9,16,27H,10-15H2,1-2H3,(H,25,28)/p+1. The van der Waals surface area contributed by atoms with Crippen LogP contribution in [0.2, 0.25) is 0 Å². The van der Waals surface area contributed by atoms with Crippen LogP contribution >= 0.6 is 0 Å². The molecule has 1 amide bonds. The third kappa shape index (κ3) is 4.15. The number of likely N-dealkylation sites (tertiary alicyclic amines) is 1. The van der Waals surface area contributed by atoms with Crippen LogP contribution in [0.15, 0.2) is 46.9 Å². The zero-order valence-corrected chi connectivity index (χ0v) is 17.1. The smallest absolute Gasteiger partial charge is 0.255 e. The van der Waals surface area contributed by atoms with Crippen molar-refractivity contribution in [3.05, 3.63) is 64.9 Å². The number of amides is 1. The largest absolute Gasteiger partial charge is 0.507 e. The van der Waals surface area contributed by atoms with Gasteiger partial charge in [-0.1, -0.05) is 37.3 Å². The van der Waals surface area contributed by atoms with Gasteiger partial charge in [-0.25, -0.2) is 0 Å². The summed E-state index contributed by atoms with van der Waals surface area (Å²) < 4.78 is 5.89. The summed E-state index contributed by atoms with van der Waals surface area (Å²) in [6.07, 6.45) is 2.39. The Bertz CT molecular complexity index is 1000. The van der Waals surface area contributed by atoms with E-state index in [0.29, 0.717) is 30.0 Å². The van der Waals surface area contributed by atoms with Gasteiger partial charge in [0.15, 0.2) is 0 Å². The molecule has 0 spiro atoms. The number of hydrogen-bond acceptors (Lipinski definition) is 3. The van der Waals surface area contributed by atoms with Crippen molar-refractivity contribution in [1.82, 2.24) is 5.32 Å². The van der Waals surface area contributed by atoms with Gasteiger partial charge < -0.3 is 19.7 Å². The minimum atomic E-state index is -0.167. The molecule has 1 aromatic heterocycles. The predicted octanol–water partition coefficient (Wildman–Crippen LogP) is 3.19. The summed E-state index contributed by atoms with van der Waals surface area (Å²) in [5, 5.41) is 14.4. The van der Waals surface area contributed by atoms with Crippen molar-refractivity contribution in [3.8, 4) is 5.75 Å². The minimum Gasteiger partial charge on any atom is -0.507 e. The Hall–Kier alpha value is -2.79. The quantitative estimate of drug-likeness (QED) is 0.624. The van der Waals surface area contributed by atoms with E-state index in [2.05, 4.69) is 12.2 Å². The molecule has 152 valence electrons. The van der Waals surface area contributed by atoms with Crippen LogP contribution < -0.4 is 10.2 Å². The molecule has 3 N–H and O–H groups in total. The first-order valence-corrected chi connectivity index (χ1v) is 10.4. The number of benzene rings is 2. The van der Waals surface area contributed by atoms with E-state index in [1.54, 1.807) is 12.1 Å². The second kappa shape index (κ2) is 8.29. The van der Waals surface area contributed by atoms with Crippen molar-refractivity contribution in [2.24, 2.45) is 5.92 Å². The van der Waals surface area contributed by atoms with Gasteiger partial charge in [-0.2, -0.15) is 0 Å². The van der Waals surface area contributed by atoms with Crippen LogP contribution in [-0.2, 0) is 13.1 Å². The first-order chi connectivity index (χ1) is 14.0. The summed E-state index contributed by atoms with van der Waals surface area (Å²) in [4.78, 5) is 14.5. The molecule has 0 saturated carbocycles. The van der Waals surface area contributed by atoms with Gasteiger partial charge in [0.2, 0.25) is 0 Å². The number of carbonyl (C=O) groups is 1. The summed E-state index contributed by atoms with van der Waals surface area (Å²) in [6.45, 7) is 7.44. The van der Waals surface area contributed by atoms with Gasteiger partial charge in [-0.05, 0) is 43.4 Å². The predicted molar refractivity (Wildman–Crippen MR) is 113 cm³/mol. The highest BCUT2D eigenvalue weighted by Gasteiger charge is 2.26. The average Bonchev–Trinajstić information content (AvgIpc) is 3.07. The second-order valence-electron chi connectivity index (χ2n) is 8.25. The number of rotatable bonds is 5. The summed E-state index contributed by atoms with van der Waals surface area (Å²) in [5.41, 5.74) is 3.05. The van der Waals surface area contributed by atoms with Crippen LogP contribution in [0.1, 0.15) is 47.0 Å². The number of piperidine rings is 1. The highest BCUT2D eigenvalue weighted by Crippen LogP contribution is 2.33. The number of nitrogens with one attached hydrogen (secondary N) is 2. The summed E-state index contributed by atoms with van der Waals surface area (Å²) >= 11 is 0. The van der Waals surface area contributed by atoms with E-state index in [0.717, 1.165) is 35.5 Å². The number of fused-ring (bicyclic) bond motifs is 1. The van der Waals surface area contributed by atoms with Crippen molar-refractivity contribution in [1.29, 1.82) is 0 Å². The van der Waals surface area contributed by atoms with Crippen LogP contribution in [0.3, 0.4) is 0 Å². The molecule has 0 radical (unpaired) electrons. The summed E-state index contributed by atoms with van der Waals surface area (Å²) in [6, 6.07) is 13.3. The monoisotopic (exact) mass is 393 g/mol. The Balaban J connectivity index is 1.64. The fourth-order valence-electron chi connectivity index (χ4n) is 4.28. The molecule has 1 fully saturated rings. The lowest BCUT2D eigenvalue weighted by Crippen LogP contribution is -3.11. The van der Waals surface area contributed by atoms with Gasteiger partial charge in [-0.3, -0.25) is 4.79 Å². The van der Waals surface area contributed by atoms with Crippen LogP contribution in [0.4, 0.5) is 0 Å². The molecule has 5 heteroatoms. The average molecular weight is 394 g/mol. The third-order valence-electron chi connectivity index (χ3n) is 6.05. The van der Waals surface area contributed by atoms with E-state index < -0.39 is 0 Å². The number of aryl methyl sites for hydroxylation is 1. The zero-order chi connectivity index (χ0) is 20.4. The van der Waals surface area contributed by atoms with Crippen LogP contribution in [0, 0.1) is 12.8 Å². The molecule has 0 bridgehead atoms. The van der Waals surface area contributed by atoms with Crippen molar-refractivity contribution < 1.29 is 19.2 Å². The molecule has 1 aliphatic heterocycles. The maximum atomic E-state index is 13.1. The SMILES string of the molecule is Cc1oc2ccc(O)c(C[NH+]3CCC(C)CC3)c2c1C(=O)NCc1ccccc1. The zero-order valence-electron chi connectivity index (χ0n) is 17.1. The van der Waals surface area contributed by atoms with Crippen LogP contribution in [-0.4, -0.2) is 24.1 Å². The molecule has 0 atom stereocenters. The number of furan rings is 1. The van der Waals surface area contributed by atoms with Crippen molar-refractivity contribution in [3.63, 3.8) is 0 Å². The maximum absolute atomic E-state index is 13.1. The van der Waals surface area contributed by atoms with E-state index in [4.69, 9.17) is 4.42 Å². The number of hydrogen-bond donors (Lipinski definition) is 3. The topological polar surface area (TPSA) is 66.9 Å². The highest BCUT2D eigenvalue weighted by molar-refractivity contribution is 6.08. The van der Waals surface area contributed by atoms with Crippen LogP contribution in [0.25, 0.3) is 11.0 Å². The summed E-state index contributed by atoms with van der Waals surface area (Å²) in [7, 11) is 0. The molecule has 2 heterocycles. The van der Waals surface area contributed by atoms with Gasteiger partial charge in [-0.15, -0.1) is 0 Å². The second-order valence-corrected chi connectivity index (χ2v) is 8.25. The number of phenolic OH excluding ortho intramolecular Hbond substituents is 1. The molecular weight excluding hydrogens is 364 g/mol. The van der Waals surface area contributed by atoms with Gasteiger partial charge in [0.1, 0.15) is 23.6 Å². The lowest BCUT2D eigenvalue weighted by atomic mass is 9.97. The first-order valence-electron chi connectivity index (χ1n) is 10.4. The molecule has 0 unspecified atom stereocenters. The molecule has 0 aliphatic carbocycles. The van der Waals surface area contributed by atoms with E-state index in [1.807, 2.05) is 37.3 Å². The lowest BCUT2D eigenvalue weighted by Gasteiger charge is -2.27. The fourth-order valence-corrected chi connectivity index (χ4v) is 4.28. The van der Waals surface area contributed by atoms with E-state index in [9.17, 15) is 9.90 Å². The van der Waals surface area contributed by atoms with E-state index in [-0.39, 0.29) is 11.7 Å². The van der Waals surface area contributed by atoms with E-state index in [1.165, 1.54) is 17.7 Å². The molecule has 1 saturated heterocycles. The van der Waals surface area contributed by atoms with Crippen molar-refractivity contribution >= 4 is 16.9 Å². The minimum absolute atomic E-state index is 0.167. The molecule has 29 heavy (non-hydrogen) atoms. The Morgan fingerprint density at radius 2 is 1.90 bits per heavy atom. The van der Waals surface area contributed by atoms with Crippen molar-refractivity contribution in [2.75, 3.05) is 13.1 Å². The number of quaternary nitrogens is 1. The summed E-state index contributed by atoms with van der Waals surface area (Å²) in [5.74, 6) is 1.42.